The summed E-state index contributed by atoms with van der Waals surface area (Å²) in [6, 6.07) is 9.83. The maximum absolute atomic E-state index is 12.2. The predicted octanol–water partition coefficient (Wildman–Crippen LogP) is 0.241. The van der Waals surface area contributed by atoms with Gasteiger partial charge in [-0.05, 0) is 5.56 Å². The van der Waals surface area contributed by atoms with Crippen LogP contribution < -0.4 is 5.69 Å². The van der Waals surface area contributed by atoms with Crippen molar-refractivity contribution >= 4 is 5.91 Å². The molecule has 1 saturated heterocycles. The molecule has 7 heteroatoms. The lowest BCUT2D eigenvalue weighted by atomic mass is 10.1. The van der Waals surface area contributed by atoms with Gasteiger partial charge in [0.1, 0.15) is 11.9 Å². The van der Waals surface area contributed by atoms with Gasteiger partial charge in [-0.25, -0.2) is 9.89 Å². The van der Waals surface area contributed by atoms with Gasteiger partial charge in [0.25, 0.3) is 0 Å². The molecule has 21 heavy (non-hydrogen) atoms. The molecule has 2 N–H and O–H groups in total. The Kier molecular flexibility index (Phi) is 3.83. The van der Waals surface area contributed by atoms with Crippen molar-refractivity contribution in [2.75, 3.05) is 19.7 Å². The lowest BCUT2D eigenvalue weighted by molar-refractivity contribution is -0.138. The number of aromatic nitrogens is 3. The second-order valence-electron chi connectivity index (χ2n) is 4.91. The number of H-pyrrole nitrogens is 2. The van der Waals surface area contributed by atoms with Crippen LogP contribution in [0.5, 0.6) is 0 Å². The summed E-state index contributed by atoms with van der Waals surface area (Å²) in [5.74, 6) is 0.287. The van der Waals surface area contributed by atoms with E-state index < -0.39 is 5.69 Å². The minimum absolute atomic E-state index is 0.0676. The van der Waals surface area contributed by atoms with Crippen molar-refractivity contribution < 1.29 is 9.53 Å². The first kappa shape index (κ1) is 13.6. The SMILES string of the molecule is O=C(Cc1n[nH]c(=O)[nH]1)N1CCO[C@@H](c2ccccc2)C1. The molecule has 1 aromatic heterocycles. The number of ether oxygens (including phenoxy) is 1. The van der Waals surface area contributed by atoms with Crippen LogP contribution >= 0.6 is 0 Å². The smallest absolute Gasteiger partial charge is 0.340 e. The van der Waals surface area contributed by atoms with Gasteiger partial charge in [-0.3, -0.25) is 9.78 Å². The Morgan fingerprint density at radius 1 is 1.38 bits per heavy atom. The van der Waals surface area contributed by atoms with Gasteiger partial charge in [0.15, 0.2) is 0 Å². The monoisotopic (exact) mass is 288 g/mol. The Labute approximate surface area is 120 Å². The minimum Gasteiger partial charge on any atom is -0.370 e. The summed E-state index contributed by atoms with van der Waals surface area (Å²) in [4.78, 5) is 27.4. The number of aromatic amines is 2. The van der Waals surface area contributed by atoms with E-state index in [4.69, 9.17) is 4.74 Å². The van der Waals surface area contributed by atoms with Gasteiger partial charge in [-0.1, -0.05) is 30.3 Å². The lowest BCUT2D eigenvalue weighted by Gasteiger charge is -2.33. The number of morpholine rings is 1. The van der Waals surface area contributed by atoms with Crippen LogP contribution in [0.4, 0.5) is 0 Å². The Bertz CT molecular complexity index is 664. The topological polar surface area (TPSA) is 91.1 Å². The summed E-state index contributed by atoms with van der Waals surface area (Å²) >= 11 is 0. The number of hydrogen-bond donors (Lipinski definition) is 2. The summed E-state index contributed by atoms with van der Waals surface area (Å²) in [6.07, 6.45) is -0.0256. The Morgan fingerprint density at radius 2 is 2.19 bits per heavy atom. The van der Waals surface area contributed by atoms with Crippen molar-refractivity contribution in [2.24, 2.45) is 0 Å². The Hall–Kier alpha value is -2.41. The van der Waals surface area contributed by atoms with Crippen molar-refractivity contribution in [3.8, 4) is 0 Å². The summed E-state index contributed by atoms with van der Waals surface area (Å²) in [7, 11) is 0. The van der Waals surface area contributed by atoms with Gasteiger partial charge in [-0.15, -0.1) is 0 Å². The van der Waals surface area contributed by atoms with Gasteiger partial charge in [0, 0.05) is 6.54 Å². The molecule has 0 bridgehead atoms. The summed E-state index contributed by atoms with van der Waals surface area (Å²) in [6.45, 7) is 1.57. The van der Waals surface area contributed by atoms with Crippen LogP contribution in [0.15, 0.2) is 35.1 Å². The third kappa shape index (κ3) is 3.19. The van der Waals surface area contributed by atoms with Gasteiger partial charge >= 0.3 is 5.69 Å². The van der Waals surface area contributed by atoms with Crippen LogP contribution in [0.3, 0.4) is 0 Å². The van der Waals surface area contributed by atoms with Crippen molar-refractivity contribution in [1.82, 2.24) is 20.1 Å². The Morgan fingerprint density at radius 3 is 2.90 bits per heavy atom. The quantitative estimate of drug-likeness (QED) is 0.846. The minimum atomic E-state index is -0.401. The second kappa shape index (κ2) is 5.92. The number of hydrogen-bond acceptors (Lipinski definition) is 4. The summed E-state index contributed by atoms with van der Waals surface area (Å²) in [5.41, 5.74) is 0.658. The third-order valence-corrected chi connectivity index (χ3v) is 3.46. The van der Waals surface area contributed by atoms with Crippen LogP contribution in [-0.4, -0.2) is 45.7 Å². The molecule has 7 nitrogen and oxygen atoms in total. The number of carbonyl (C=O) groups is 1. The fraction of sp³-hybridized carbons (Fsp3) is 0.357. The summed E-state index contributed by atoms with van der Waals surface area (Å²) < 4.78 is 5.73. The number of nitrogens with one attached hydrogen (secondary N) is 2. The highest BCUT2D eigenvalue weighted by atomic mass is 16.5. The maximum atomic E-state index is 12.2. The van der Waals surface area contributed by atoms with Crippen molar-refractivity contribution in [1.29, 1.82) is 0 Å². The molecule has 0 aliphatic carbocycles. The van der Waals surface area contributed by atoms with Gasteiger partial charge in [-0.2, -0.15) is 5.10 Å². The van der Waals surface area contributed by atoms with E-state index in [1.807, 2.05) is 30.3 Å². The molecule has 110 valence electrons. The highest BCUT2D eigenvalue weighted by Crippen LogP contribution is 2.22. The van der Waals surface area contributed by atoms with E-state index in [0.717, 1.165) is 5.56 Å². The van der Waals surface area contributed by atoms with Crippen molar-refractivity contribution in [3.05, 3.63) is 52.2 Å². The van der Waals surface area contributed by atoms with Gasteiger partial charge in [0.05, 0.1) is 19.6 Å². The van der Waals surface area contributed by atoms with Crippen LogP contribution in [0, 0.1) is 0 Å². The normalized spacial score (nSPS) is 18.7. The van der Waals surface area contributed by atoms with Crippen LogP contribution in [0.2, 0.25) is 0 Å². The largest absolute Gasteiger partial charge is 0.370 e. The van der Waals surface area contributed by atoms with E-state index in [0.29, 0.717) is 25.5 Å². The van der Waals surface area contributed by atoms with E-state index in [-0.39, 0.29) is 18.4 Å². The molecule has 1 aliphatic heterocycles. The van der Waals surface area contributed by atoms with Gasteiger partial charge in [0.2, 0.25) is 5.91 Å². The van der Waals surface area contributed by atoms with E-state index in [9.17, 15) is 9.59 Å². The maximum Gasteiger partial charge on any atom is 0.340 e. The molecule has 1 amide bonds. The van der Waals surface area contributed by atoms with E-state index in [1.54, 1.807) is 4.90 Å². The van der Waals surface area contributed by atoms with Crippen molar-refractivity contribution in [2.45, 2.75) is 12.5 Å². The molecule has 0 radical (unpaired) electrons. The molecular formula is C14H16N4O3. The number of nitrogens with zero attached hydrogens (tertiary/aromatic N) is 2. The van der Waals surface area contributed by atoms with Gasteiger partial charge < -0.3 is 9.64 Å². The molecule has 0 saturated carbocycles. The predicted molar refractivity (Wildman–Crippen MR) is 74.6 cm³/mol. The molecule has 1 atom stereocenters. The number of benzene rings is 1. The van der Waals surface area contributed by atoms with E-state index in [1.165, 1.54) is 0 Å². The number of amides is 1. The highest BCUT2D eigenvalue weighted by Gasteiger charge is 2.25. The molecule has 2 heterocycles. The lowest BCUT2D eigenvalue weighted by Crippen LogP contribution is -2.43. The first-order chi connectivity index (χ1) is 10.2. The number of carbonyl (C=O) groups excluding carboxylic acids is 1. The molecule has 0 unspecified atom stereocenters. The molecule has 1 fully saturated rings. The molecular weight excluding hydrogens is 272 g/mol. The van der Waals surface area contributed by atoms with Crippen LogP contribution in [0.25, 0.3) is 0 Å². The third-order valence-electron chi connectivity index (χ3n) is 3.46. The molecule has 0 spiro atoms. The average molecular weight is 288 g/mol. The molecule has 1 aliphatic rings. The first-order valence-corrected chi connectivity index (χ1v) is 6.80. The van der Waals surface area contributed by atoms with E-state index >= 15 is 0 Å². The standard InChI is InChI=1S/C14H16N4O3/c19-13(8-12-15-14(20)17-16-12)18-6-7-21-11(9-18)10-4-2-1-3-5-10/h1-5,11H,6-9H2,(H2,15,16,17,20)/t11-/m1/s1. The number of rotatable bonds is 3. The zero-order valence-corrected chi connectivity index (χ0v) is 11.4. The molecule has 1 aromatic carbocycles. The first-order valence-electron chi connectivity index (χ1n) is 6.80. The molecule has 3 rings (SSSR count). The Balaban J connectivity index is 1.65. The van der Waals surface area contributed by atoms with Crippen LogP contribution in [0.1, 0.15) is 17.5 Å². The zero-order valence-electron chi connectivity index (χ0n) is 11.4. The molecule has 2 aromatic rings. The fourth-order valence-electron chi connectivity index (χ4n) is 2.39. The second-order valence-corrected chi connectivity index (χ2v) is 4.91. The highest BCUT2D eigenvalue weighted by molar-refractivity contribution is 5.78. The zero-order chi connectivity index (χ0) is 14.7. The van der Waals surface area contributed by atoms with Crippen LogP contribution in [-0.2, 0) is 16.0 Å². The fourth-order valence-corrected chi connectivity index (χ4v) is 2.39. The average Bonchev–Trinajstić information content (AvgIpc) is 2.93. The van der Waals surface area contributed by atoms with Crippen molar-refractivity contribution in [3.63, 3.8) is 0 Å². The summed E-state index contributed by atoms with van der Waals surface area (Å²) in [5, 5.41) is 6.01. The van der Waals surface area contributed by atoms with E-state index in [2.05, 4.69) is 15.2 Å².